The second-order valence-electron chi connectivity index (χ2n) is 4.59. The first-order valence-corrected chi connectivity index (χ1v) is 5.39. The van der Waals surface area contributed by atoms with Crippen molar-refractivity contribution in [3.63, 3.8) is 0 Å². The smallest absolute Gasteiger partial charge is 0.132 e. The third-order valence-electron chi connectivity index (χ3n) is 3.21. The molecule has 0 amide bonds. The second-order valence-corrected chi connectivity index (χ2v) is 4.59. The van der Waals surface area contributed by atoms with Crippen LogP contribution in [0.5, 0.6) is 0 Å². The molecular weight excluding hydrogens is 215 g/mol. The molecule has 1 fully saturated rings. The van der Waals surface area contributed by atoms with Gasteiger partial charge in [0.25, 0.3) is 0 Å². The Kier molecular flexibility index (Phi) is 2.93. The first-order chi connectivity index (χ1) is 7.53. The minimum absolute atomic E-state index is 0.00102. The molecule has 4 heteroatoms. The van der Waals surface area contributed by atoms with Gasteiger partial charge in [-0.1, -0.05) is 6.92 Å². The summed E-state index contributed by atoms with van der Waals surface area (Å²) < 4.78 is 40.1. The lowest BCUT2D eigenvalue weighted by atomic mass is 9.76. The van der Waals surface area contributed by atoms with Crippen LogP contribution in [-0.4, -0.2) is 13.1 Å². The predicted octanol–water partition coefficient (Wildman–Crippen LogP) is 2.75. The van der Waals surface area contributed by atoms with Crippen LogP contribution in [0.25, 0.3) is 0 Å². The SMILES string of the molecule is CC1(c2c(F)cc(F)cc2F)CCCNC1. The van der Waals surface area contributed by atoms with Crippen molar-refractivity contribution in [2.75, 3.05) is 13.1 Å². The number of nitrogens with one attached hydrogen (secondary N) is 1. The Morgan fingerprint density at radius 2 is 1.81 bits per heavy atom. The zero-order valence-corrected chi connectivity index (χ0v) is 9.12. The summed E-state index contributed by atoms with van der Waals surface area (Å²) in [5.74, 6) is -2.45. The third kappa shape index (κ3) is 1.94. The number of rotatable bonds is 1. The van der Waals surface area contributed by atoms with Crippen LogP contribution < -0.4 is 5.32 Å². The van der Waals surface area contributed by atoms with Crippen molar-refractivity contribution < 1.29 is 13.2 Å². The highest BCUT2D eigenvalue weighted by Gasteiger charge is 2.34. The predicted molar refractivity (Wildman–Crippen MR) is 55.8 cm³/mol. The quantitative estimate of drug-likeness (QED) is 0.780. The van der Waals surface area contributed by atoms with Crippen LogP contribution in [-0.2, 0) is 5.41 Å². The molecule has 1 unspecified atom stereocenters. The molecular formula is C12H14F3N. The maximum absolute atomic E-state index is 13.6. The lowest BCUT2D eigenvalue weighted by Crippen LogP contribution is -2.42. The van der Waals surface area contributed by atoms with Gasteiger partial charge in [-0.2, -0.15) is 0 Å². The van der Waals surface area contributed by atoms with E-state index in [1.165, 1.54) is 0 Å². The van der Waals surface area contributed by atoms with Crippen LogP contribution in [0.1, 0.15) is 25.3 Å². The molecule has 1 saturated heterocycles. The Morgan fingerprint density at radius 3 is 2.31 bits per heavy atom. The van der Waals surface area contributed by atoms with Crippen molar-refractivity contribution in [3.8, 4) is 0 Å². The number of piperidine rings is 1. The fraction of sp³-hybridized carbons (Fsp3) is 0.500. The highest BCUT2D eigenvalue weighted by Crippen LogP contribution is 2.34. The first kappa shape index (κ1) is 11.5. The Hall–Kier alpha value is -1.03. The van der Waals surface area contributed by atoms with Crippen LogP contribution in [0.3, 0.4) is 0 Å². The topological polar surface area (TPSA) is 12.0 Å². The molecule has 1 atom stereocenters. The molecule has 16 heavy (non-hydrogen) atoms. The molecule has 1 heterocycles. The lowest BCUT2D eigenvalue weighted by Gasteiger charge is -2.35. The van der Waals surface area contributed by atoms with Gasteiger partial charge in [0.1, 0.15) is 17.5 Å². The Bertz CT molecular complexity index is 374. The summed E-state index contributed by atoms with van der Waals surface area (Å²) in [6.07, 6.45) is 1.58. The average Bonchev–Trinajstić information content (AvgIpc) is 2.16. The number of halogens is 3. The van der Waals surface area contributed by atoms with E-state index in [0.29, 0.717) is 13.0 Å². The zero-order valence-electron chi connectivity index (χ0n) is 9.12. The van der Waals surface area contributed by atoms with E-state index in [0.717, 1.165) is 25.1 Å². The normalized spacial score (nSPS) is 25.8. The van der Waals surface area contributed by atoms with Gasteiger partial charge in [0.15, 0.2) is 0 Å². The van der Waals surface area contributed by atoms with Gasteiger partial charge in [0, 0.05) is 29.7 Å². The van der Waals surface area contributed by atoms with Crippen LogP contribution >= 0.6 is 0 Å². The molecule has 0 aromatic heterocycles. The number of hydrogen-bond acceptors (Lipinski definition) is 1. The van der Waals surface area contributed by atoms with E-state index >= 15 is 0 Å². The van der Waals surface area contributed by atoms with Crippen molar-refractivity contribution in [3.05, 3.63) is 35.1 Å². The molecule has 1 aliphatic heterocycles. The zero-order chi connectivity index (χ0) is 11.8. The van der Waals surface area contributed by atoms with E-state index in [4.69, 9.17) is 0 Å². The van der Waals surface area contributed by atoms with Gasteiger partial charge >= 0.3 is 0 Å². The van der Waals surface area contributed by atoms with Crippen LogP contribution in [0, 0.1) is 17.5 Å². The Balaban J connectivity index is 2.46. The molecule has 2 rings (SSSR count). The molecule has 1 N–H and O–H groups in total. The summed E-state index contributed by atoms with van der Waals surface area (Å²) in [6, 6.07) is 1.50. The molecule has 0 spiro atoms. The molecule has 1 aromatic rings. The van der Waals surface area contributed by atoms with E-state index in [2.05, 4.69) is 5.32 Å². The van der Waals surface area contributed by atoms with E-state index < -0.39 is 22.9 Å². The van der Waals surface area contributed by atoms with Crippen molar-refractivity contribution in [2.24, 2.45) is 0 Å². The summed E-state index contributed by atoms with van der Waals surface area (Å²) >= 11 is 0. The van der Waals surface area contributed by atoms with Crippen LogP contribution in [0.15, 0.2) is 12.1 Å². The fourth-order valence-corrected chi connectivity index (χ4v) is 2.39. The van der Waals surface area contributed by atoms with Gasteiger partial charge < -0.3 is 5.32 Å². The minimum Gasteiger partial charge on any atom is -0.316 e. The molecule has 0 bridgehead atoms. The standard InChI is InChI=1S/C12H14F3N/c1-12(3-2-4-16-7-12)11-9(14)5-8(13)6-10(11)15/h5-6,16H,2-4,7H2,1H3. The van der Waals surface area contributed by atoms with Gasteiger partial charge in [0.2, 0.25) is 0 Å². The van der Waals surface area contributed by atoms with Crippen LogP contribution in [0.2, 0.25) is 0 Å². The molecule has 1 nitrogen and oxygen atoms in total. The molecule has 0 aliphatic carbocycles. The summed E-state index contributed by atoms with van der Waals surface area (Å²) in [4.78, 5) is 0. The maximum atomic E-state index is 13.6. The van der Waals surface area contributed by atoms with E-state index in [9.17, 15) is 13.2 Å². The van der Waals surface area contributed by atoms with Gasteiger partial charge in [-0.05, 0) is 19.4 Å². The van der Waals surface area contributed by atoms with Gasteiger partial charge in [-0.3, -0.25) is 0 Å². The molecule has 0 radical (unpaired) electrons. The summed E-state index contributed by atoms with van der Waals surface area (Å²) in [7, 11) is 0. The van der Waals surface area contributed by atoms with Gasteiger partial charge in [0.05, 0.1) is 0 Å². The van der Waals surface area contributed by atoms with Crippen molar-refractivity contribution in [1.82, 2.24) is 5.32 Å². The van der Waals surface area contributed by atoms with Gasteiger partial charge in [-0.15, -0.1) is 0 Å². The average molecular weight is 229 g/mol. The third-order valence-corrected chi connectivity index (χ3v) is 3.21. The monoisotopic (exact) mass is 229 g/mol. The number of benzene rings is 1. The minimum atomic E-state index is -0.869. The van der Waals surface area contributed by atoms with Crippen molar-refractivity contribution in [2.45, 2.75) is 25.2 Å². The van der Waals surface area contributed by atoms with E-state index in [1.54, 1.807) is 6.92 Å². The molecule has 1 aliphatic rings. The number of hydrogen-bond donors (Lipinski definition) is 1. The fourth-order valence-electron chi connectivity index (χ4n) is 2.39. The molecule has 1 aromatic carbocycles. The summed E-state index contributed by atoms with van der Waals surface area (Å²) in [5.41, 5.74) is -0.582. The molecule has 88 valence electrons. The maximum Gasteiger partial charge on any atom is 0.132 e. The lowest BCUT2D eigenvalue weighted by molar-refractivity contribution is 0.315. The highest BCUT2D eigenvalue weighted by atomic mass is 19.1. The first-order valence-electron chi connectivity index (χ1n) is 5.39. The van der Waals surface area contributed by atoms with E-state index in [-0.39, 0.29) is 5.56 Å². The van der Waals surface area contributed by atoms with Crippen molar-refractivity contribution >= 4 is 0 Å². The molecule has 0 saturated carbocycles. The van der Waals surface area contributed by atoms with Gasteiger partial charge in [-0.25, -0.2) is 13.2 Å². The second kappa shape index (κ2) is 4.09. The summed E-state index contributed by atoms with van der Waals surface area (Å²) in [5, 5.41) is 3.12. The summed E-state index contributed by atoms with van der Waals surface area (Å²) in [6.45, 7) is 3.19. The van der Waals surface area contributed by atoms with Crippen LogP contribution in [0.4, 0.5) is 13.2 Å². The Morgan fingerprint density at radius 1 is 1.19 bits per heavy atom. The Labute approximate surface area is 92.7 Å². The highest BCUT2D eigenvalue weighted by molar-refractivity contribution is 5.29. The van der Waals surface area contributed by atoms with E-state index in [1.807, 2.05) is 0 Å². The largest absolute Gasteiger partial charge is 0.316 e. The van der Waals surface area contributed by atoms with Crippen molar-refractivity contribution in [1.29, 1.82) is 0 Å².